The molecule has 0 bridgehead atoms. The zero-order valence-corrected chi connectivity index (χ0v) is 16.1. The number of hydrogen-bond acceptors (Lipinski definition) is 3. The van der Waals surface area contributed by atoms with Crippen LogP contribution in [0.4, 0.5) is 5.69 Å². The van der Waals surface area contributed by atoms with E-state index in [0.717, 1.165) is 16.7 Å². The molecule has 2 amide bonds. The SMILES string of the molecule is C=CC1=CC[C@H]2C(=O)N(c3ccccc3)C(=O)[C@@]2(C)[C@H]1c1ccc(O)c(C)c1. The fourth-order valence-corrected chi connectivity index (χ4v) is 4.71. The highest BCUT2D eigenvalue weighted by molar-refractivity contribution is 6.24. The van der Waals surface area contributed by atoms with E-state index in [1.54, 1.807) is 24.3 Å². The summed E-state index contributed by atoms with van der Waals surface area (Å²) in [5.74, 6) is -0.850. The molecule has 0 radical (unpaired) electrons. The van der Waals surface area contributed by atoms with Gasteiger partial charge in [0.2, 0.25) is 11.8 Å². The molecule has 142 valence electrons. The van der Waals surface area contributed by atoms with Crippen LogP contribution >= 0.6 is 0 Å². The summed E-state index contributed by atoms with van der Waals surface area (Å²) in [6.07, 6.45) is 4.31. The molecule has 1 heterocycles. The molecule has 0 aromatic heterocycles. The van der Waals surface area contributed by atoms with Gasteiger partial charge in [-0.25, -0.2) is 4.90 Å². The Morgan fingerprint density at radius 1 is 1.18 bits per heavy atom. The summed E-state index contributed by atoms with van der Waals surface area (Å²) in [6, 6.07) is 14.5. The number of imide groups is 1. The van der Waals surface area contributed by atoms with Crippen LogP contribution in [0.2, 0.25) is 0 Å². The van der Waals surface area contributed by atoms with Crippen molar-refractivity contribution in [1.29, 1.82) is 0 Å². The molecular weight excluding hydrogens is 350 g/mol. The van der Waals surface area contributed by atoms with E-state index in [9.17, 15) is 14.7 Å². The molecule has 0 unspecified atom stereocenters. The minimum absolute atomic E-state index is 0.154. The second-order valence-corrected chi connectivity index (χ2v) is 7.77. The van der Waals surface area contributed by atoms with Gasteiger partial charge in [-0.2, -0.15) is 0 Å². The number of para-hydroxylation sites is 1. The molecule has 4 nitrogen and oxygen atoms in total. The van der Waals surface area contributed by atoms with Gasteiger partial charge in [0.1, 0.15) is 5.75 Å². The molecule has 4 heteroatoms. The first kappa shape index (κ1) is 18.2. The highest BCUT2D eigenvalue weighted by atomic mass is 16.3. The fraction of sp³-hybridized carbons (Fsp3) is 0.250. The maximum absolute atomic E-state index is 13.7. The van der Waals surface area contributed by atoms with Gasteiger partial charge in [-0.05, 0) is 55.2 Å². The number of nitrogens with zero attached hydrogens (tertiary/aromatic N) is 1. The van der Waals surface area contributed by atoms with Crippen molar-refractivity contribution in [2.75, 3.05) is 4.90 Å². The third kappa shape index (κ3) is 2.44. The van der Waals surface area contributed by atoms with Gasteiger partial charge in [0.05, 0.1) is 17.0 Å². The first-order valence-corrected chi connectivity index (χ1v) is 9.45. The van der Waals surface area contributed by atoms with Crippen LogP contribution in [0.5, 0.6) is 5.75 Å². The van der Waals surface area contributed by atoms with Crippen molar-refractivity contribution in [3.8, 4) is 5.75 Å². The summed E-state index contributed by atoms with van der Waals surface area (Å²) in [7, 11) is 0. The van der Waals surface area contributed by atoms with E-state index < -0.39 is 11.3 Å². The zero-order chi connectivity index (χ0) is 20.1. The first-order chi connectivity index (χ1) is 13.4. The number of fused-ring (bicyclic) bond motifs is 1. The molecule has 2 aliphatic rings. The lowest BCUT2D eigenvalue weighted by molar-refractivity contribution is -0.127. The Morgan fingerprint density at radius 3 is 2.54 bits per heavy atom. The van der Waals surface area contributed by atoms with Crippen molar-refractivity contribution in [2.24, 2.45) is 11.3 Å². The van der Waals surface area contributed by atoms with Crippen molar-refractivity contribution >= 4 is 17.5 Å². The third-order valence-corrected chi connectivity index (χ3v) is 6.23. The highest BCUT2D eigenvalue weighted by Crippen LogP contribution is 2.56. The summed E-state index contributed by atoms with van der Waals surface area (Å²) in [5, 5.41) is 9.94. The van der Waals surface area contributed by atoms with Crippen molar-refractivity contribution in [3.05, 3.63) is 84.0 Å². The first-order valence-electron chi connectivity index (χ1n) is 9.45. The van der Waals surface area contributed by atoms with E-state index in [1.165, 1.54) is 4.90 Å². The van der Waals surface area contributed by atoms with Gasteiger partial charge in [-0.1, -0.05) is 49.1 Å². The number of hydrogen-bond donors (Lipinski definition) is 1. The highest BCUT2D eigenvalue weighted by Gasteiger charge is 2.62. The van der Waals surface area contributed by atoms with Crippen molar-refractivity contribution in [2.45, 2.75) is 26.2 Å². The second-order valence-electron chi connectivity index (χ2n) is 7.77. The number of amides is 2. The van der Waals surface area contributed by atoms with E-state index >= 15 is 0 Å². The van der Waals surface area contributed by atoms with Crippen LogP contribution < -0.4 is 4.90 Å². The summed E-state index contributed by atoms with van der Waals surface area (Å²) < 4.78 is 0. The summed E-state index contributed by atoms with van der Waals surface area (Å²) >= 11 is 0. The molecule has 2 aromatic carbocycles. The Hall–Kier alpha value is -3.14. The Kier molecular flexibility index (Phi) is 4.22. The quantitative estimate of drug-likeness (QED) is 0.806. The van der Waals surface area contributed by atoms with E-state index in [0.29, 0.717) is 12.1 Å². The predicted octanol–water partition coefficient (Wildman–Crippen LogP) is 4.50. The maximum Gasteiger partial charge on any atom is 0.241 e. The van der Waals surface area contributed by atoms with Gasteiger partial charge >= 0.3 is 0 Å². The number of carbonyl (C=O) groups excluding carboxylic acids is 2. The van der Waals surface area contributed by atoms with E-state index in [2.05, 4.69) is 6.58 Å². The van der Waals surface area contributed by atoms with Gasteiger partial charge in [0, 0.05) is 5.92 Å². The average molecular weight is 373 g/mol. The lowest BCUT2D eigenvalue weighted by Crippen LogP contribution is -2.41. The molecule has 1 aliphatic heterocycles. The van der Waals surface area contributed by atoms with Crippen LogP contribution in [0.1, 0.15) is 30.4 Å². The number of allylic oxidation sites excluding steroid dienone is 3. The number of rotatable bonds is 3. The maximum atomic E-state index is 13.7. The smallest absolute Gasteiger partial charge is 0.241 e. The number of aryl methyl sites for hydroxylation is 1. The molecule has 0 spiro atoms. The molecule has 1 fully saturated rings. The van der Waals surface area contributed by atoms with Crippen LogP contribution in [-0.4, -0.2) is 16.9 Å². The molecule has 1 N–H and O–H groups in total. The number of phenolic OH excluding ortho intramolecular Hbond substituents is 1. The third-order valence-electron chi connectivity index (χ3n) is 6.23. The number of anilines is 1. The van der Waals surface area contributed by atoms with Gasteiger partial charge in [-0.15, -0.1) is 0 Å². The van der Waals surface area contributed by atoms with Gasteiger partial charge in [-0.3, -0.25) is 9.59 Å². The summed E-state index contributed by atoms with van der Waals surface area (Å²) in [4.78, 5) is 28.3. The lowest BCUT2D eigenvalue weighted by Gasteiger charge is -2.40. The van der Waals surface area contributed by atoms with E-state index in [4.69, 9.17) is 0 Å². The monoisotopic (exact) mass is 373 g/mol. The average Bonchev–Trinajstić information content (AvgIpc) is 2.90. The van der Waals surface area contributed by atoms with Crippen molar-refractivity contribution < 1.29 is 14.7 Å². The molecule has 2 aromatic rings. The van der Waals surface area contributed by atoms with Crippen LogP contribution in [0.15, 0.2) is 72.8 Å². The number of phenols is 1. The zero-order valence-electron chi connectivity index (χ0n) is 16.1. The Bertz CT molecular complexity index is 1010. The van der Waals surface area contributed by atoms with Crippen LogP contribution in [-0.2, 0) is 9.59 Å². The van der Waals surface area contributed by atoms with Crippen LogP contribution in [0.3, 0.4) is 0 Å². The predicted molar refractivity (Wildman–Crippen MR) is 109 cm³/mol. The van der Waals surface area contributed by atoms with Crippen LogP contribution in [0.25, 0.3) is 0 Å². The minimum atomic E-state index is -0.908. The molecule has 28 heavy (non-hydrogen) atoms. The number of aromatic hydroxyl groups is 1. The number of carbonyl (C=O) groups is 2. The summed E-state index contributed by atoms with van der Waals surface area (Å²) in [5.41, 5.74) is 2.29. The van der Waals surface area contributed by atoms with Gasteiger partial charge < -0.3 is 5.11 Å². The molecule has 4 rings (SSSR count). The van der Waals surface area contributed by atoms with E-state index in [-0.39, 0.29) is 23.5 Å². The molecule has 1 saturated heterocycles. The van der Waals surface area contributed by atoms with Crippen LogP contribution in [0, 0.1) is 18.3 Å². The van der Waals surface area contributed by atoms with Gasteiger partial charge in [0.25, 0.3) is 0 Å². The Morgan fingerprint density at radius 2 is 1.89 bits per heavy atom. The Balaban J connectivity index is 1.88. The lowest BCUT2D eigenvalue weighted by atomic mass is 9.60. The van der Waals surface area contributed by atoms with E-state index in [1.807, 2.05) is 50.3 Å². The summed E-state index contributed by atoms with van der Waals surface area (Å²) in [6.45, 7) is 7.66. The minimum Gasteiger partial charge on any atom is -0.508 e. The molecular formula is C24H23NO3. The normalized spacial score (nSPS) is 26.8. The van der Waals surface area contributed by atoms with Crippen molar-refractivity contribution in [3.63, 3.8) is 0 Å². The van der Waals surface area contributed by atoms with Gasteiger partial charge in [0.15, 0.2) is 0 Å². The molecule has 3 atom stereocenters. The standard InChI is InChI=1S/C24H23NO3/c1-4-16-10-12-19-22(27)25(18-8-6-5-7-9-18)23(28)24(19,3)21(16)17-11-13-20(26)15(2)14-17/h4-11,13-14,19,21,26H,1,12H2,2-3H3/t19-,21+,24+/m0/s1. The number of benzene rings is 2. The second kappa shape index (κ2) is 6.48. The fourth-order valence-electron chi connectivity index (χ4n) is 4.71. The topological polar surface area (TPSA) is 57.6 Å². The largest absolute Gasteiger partial charge is 0.508 e. The molecule has 0 saturated carbocycles. The molecule has 1 aliphatic carbocycles. The van der Waals surface area contributed by atoms with Crippen molar-refractivity contribution in [1.82, 2.24) is 0 Å². The Labute approximate surface area is 164 Å².